The Bertz CT molecular complexity index is 467. The van der Waals surface area contributed by atoms with Gasteiger partial charge < -0.3 is 10.1 Å². The van der Waals surface area contributed by atoms with Gasteiger partial charge in [-0.15, -0.1) is 0 Å². The molecule has 0 spiro atoms. The van der Waals surface area contributed by atoms with Crippen LogP contribution in [0.3, 0.4) is 0 Å². The van der Waals surface area contributed by atoms with Gasteiger partial charge in [0.25, 0.3) is 5.91 Å². The molecule has 1 aliphatic rings. The summed E-state index contributed by atoms with van der Waals surface area (Å²) in [4.78, 5) is 12.4. The first-order valence-corrected chi connectivity index (χ1v) is 8.23. The molecule has 0 aromatic heterocycles. The van der Waals surface area contributed by atoms with Gasteiger partial charge in [-0.2, -0.15) is 0 Å². The number of rotatable bonds is 4. The van der Waals surface area contributed by atoms with Gasteiger partial charge in [0, 0.05) is 10.9 Å². The topological polar surface area (TPSA) is 38.3 Å². The Morgan fingerprint density at radius 2 is 2.15 bits per heavy atom. The molecule has 4 heteroatoms. The van der Waals surface area contributed by atoms with Crippen LogP contribution in [0, 0.1) is 5.92 Å². The van der Waals surface area contributed by atoms with Crippen LogP contribution in [0.1, 0.15) is 43.0 Å². The zero-order valence-electron chi connectivity index (χ0n) is 12.1. The third-order valence-electron chi connectivity index (χ3n) is 4.20. The summed E-state index contributed by atoms with van der Waals surface area (Å²) in [6, 6.07) is 7.30. The summed E-state index contributed by atoms with van der Waals surface area (Å²) >= 11 is 3.58. The predicted molar refractivity (Wildman–Crippen MR) is 84.6 cm³/mol. The van der Waals surface area contributed by atoms with Crippen LogP contribution in [-0.2, 0) is 0 Å². The summed E-state index contributed by atoms with van der Waals surface area (Å²) in [7, 11) is 1.61. The summed E-state index contributed by atoms with van der Waals surface area (Å²) in [6.45, 7) is 2.28. The third kappa shape index (κ3) is 3.54. The number of nitrogens with one attached hydrogen (secondary N) is 1. The van der Waals surface area contributed by atoms with Crippen molar-refractivity contribution >= 4 is 21.8 Å². The van der Waals surface area contributed by atoms with Crippen LogP contribution >= 0.6 is 15.9 Å². The van der Waals surface area contributed by atoms with Crippen LogP contribution < -0.4 is 10.1 Å². The van der Waals surface area contributed by atoms with E-state index in [0.29, 0.717) is 11.3 Å². The Hall–Kier alpha value is -1.03. The van der Waals surface area contributed by atoms with Crippen molar-refractivity contribution in [3.63, 3.8) is 0 Å². The fourth-order valence-corrected chi connectivity index (χ4v) is 3.38. The van der Waals surface area contributed by atoms with Gasteiger partial charge in [0.1, 0.15) is 5.75 Å². The number of alkyl halides is 1. The number of ether oxygens (including phenoxy) is 1. The number of benzene rings is 1. The van der Waals surface area contributed by atoms with E-state index < -0.39 is 0 Å². The maximum absolute atomic E-state index is 12.4. The molecule has 1 saturated carbocycles. The molecule has 0 bridgehead atoms. The minimum Gasteiger partial charge on any atom is -0.497 e. The lowest BCUT2D eigenvalue weighted by Gasteiger charge is -2.39. The van der Waals surface area contributed by atoms with Gasteiger partial charge in [-0.25, -0.2) is 0 Å². The number of amides is 1. The van der Waals surface area contributed by atoms with E-state index >= 15 is 0 Å². The monoisotopic (exact) mass is 339 g/mol. The molecule has 3 nitrogen and oxygen atoms in total. The number of carbonyl (C=O) groups excluding carboxylic acids is 1. The van der Waals surface area contributed by atoms with E-state index in [9.17, 15) is 4.79 Å². The highest BCUT2D eigenvalue weighted by atomic mass is 79.9. The second-order valence-corrected chi connectivity index (χ2v) is 6.34. The van der Waals surface area contributed by atoms with Crippen molar-refractivity contribution in [1.82, 2.24) is 5.32 Å². The molecule has 1 aromatic rings. The van der Waals surface area contributed by atoms with E-state index in [0.717, 1.165) is 24.1 Å². The highest BCUT2D eigenvalue weighted by Crippen LogP contribution is 2.33. The average Bonchev–Trinajstić information content (AvgIpc) is 2.50. The summed E-state index contributed by atoms with van der Waals surface area (Å²) in [5, 5.41) is 4.04. The summed E-state index contributed by atoms with van der Waals surface area (Å²) in [6.07, 6.45) is 4.41. The first-order valence-electron chi connectivity index (χ1n) is 7.11. The molecule has 20 heavy (non-hydrogen) atoms. The van der Waals surface area contributed by atoms with Crippen LogP contribution in [0.2, 0.25) is 0 Å². The highest BCUT2D eigenvalue weighted by Gasteiger charge is 2.34. The number of halogens is 1. The minimum absolute atomic E-state index is 0.0158. The molecule has 1 aromatic carbocycles. The molecule has 0 aliphatic heterocycles. The molecule has 1 fully saturated rings. The molecule has 0 heterocycles. The van der Waals surface area contributed by atoms with Crippen molar-refractivity contribution in [3.05, 3.63) is 29.8 Å². The standard InChI is InChI=1S/C16H22BrNO2/c1-12-6-8-16(11-17,9-7-12)18-15(19)13-4-3-5-14(10-13)20-2/h3-5,10,12H,6-9,11H2,1-2H3,(H,18,19). The Kier molecular flexibility index (Phi) is 5.08. The molecule has 1 aliphatic carbocycles. The van der Waals surface area contributed by atoms with Crippen molar-refractivity contribution in [1.29, 1.82) is 0 Å². The summed E-state index contributed by atoms with van der Waals surface area (Å²) < 4.78 is 5.17. The van der Waals surface area contributed by atoms with Crippen LogP contribution in [0.15, 0.2) is 24.3 Å². The maximum Gasteiger partial charge on any atom is 0.251 e. The van der Waals surface area contributed by atoms with Gasteiger partial charge in [-0.05, 0) is 49.8 Å². The van der Waals surface area contributed by atoms with Crippen molar-refractivity contribution < 1.29 is 9.53 Å². The van der Waals surface area contributed by atoms with E-state index in [1.165, 1.54) is 12.8 Å². The molecular weight excluding hydrogens is 318 g/mol. The van der Waals surface area contributed by atoms with E-state index in [4.69, 9.17) is 4.74 Å². The van der Waals surface area contributed by atoms with Gasteiger partial charge in [0.15, 0.2) is 0 Å². The first kappa shape index (κ1) is 15.4. The Balaban J connectivity index is 2.09. The zero-order valence-corrected chi connectivity index (χ0v) is 13.7. The number of methoxy groups -OCH3 is 1. The molecule has 1 N–H and O–H groups in total. The van der Waals surface area contributed by atoms with Crippen molar-refractivity contribution in [2.45, 2.75) is 38.1 Å². The van der Waals surface area contributed by atoms with Crippen LogP contribution in [-0.4, -0.2) is 23.9 Å². The van der Waals surface area contributed by atoms with Crippen LogP contribution in [0.25, 0.3) is 0 Å². The Morgan fingerprint density at radius 3 is 2.75 bits per heavy atom. The molecule has 0 unspecified atom stereocenters. The molecule has 0 saturated heterocycles. The van der Waals surface area contributed by atoms with Gasteiger partial charge in [0.05, 0.1) is 12.6 Å². The van der Waals surface area contributed by atoms with Gasteiger partial charge in [0.2, 0.25) is 0 Å². The minimum atomic E-state index is -0.104. The SMILES string of the molecule is COc1cccc(C(=O)NC2(CBr)CCC(C)CC2)c1. The second-order valence-electron chi connectivity index (χ2n) is 5.78. The van der Waals surface area contributed by atoms with Crippen LogP contribution in [0.5, 0.6) is 5.75 Å². The van der Waals surface area contributed by atoms with Crippen molar-refractivity contribution in [2.24, 2.45) is 5.92 Å². The van der Waals surface area contributed by atoms with E-state index in [1.807, 2.05) is 18.2 Å². The van der Waals surface area contributed by atoms with Crippen molar-refractivity contribution in [2.75, 3.05) is 12.4 Å². The molecule has 2 rings (SSSR count). The fraction of sp³-hybridized carbons (Fsp3) is 0.562. The van der Waals surface area contributed by atoms with Crippen LogP contribution in [0.4, 0.5) is 0 Å². The normalized spacial score (nSPS) is 26.1. The molecule has 0 radical (unpaired) electrons. The molecule has 0 atom stereocenters. The Labute approximate surface area is 129 Å². The maximum atomic E-state index is 12.4. The molecular formula is C16H22BrNO2. The van der Waals surface area contributed by atoms with Gasteiger partial charge in [-0.3, -0.25) is 4.79 Å². The lowest BCUT2D eigenvalue weighted by molar-refractivity contribution is 0.0874. The van der Waals surface area contributed by atoms with Gasteiger partial charge in [-0.1, -0.05) is 28.9 Å². The number of hydrogen-bond acceptors (Lipinski definition) is 2. The summed E-state index contributed by atoms with van der Waals surface area (Å²) in [5.74, 6) is 1.46. The summed E-state index contributed by atoms with van der Waals surface area (Å²) in [5.41, 5.74) is 0.551. The van der Waals surface area contributed by atoms with Crippen molar-refractivity contribution in [3.8, 4) is 5.75 Å². The fourth-order valence-electron chi connectivity index (χ4n) is 2.68. The van der Waals surface area contributed by atoms with E-state index in [2.05, 4.69) is 28.2 Å². The smallest absolute Gasteiger partial charge is 0.251 e. The second kappa shape index (κ2) is 6.61. The Morgan fingerprint density at radius 1 is 1.45 bits per heavy atom. The van der Waals surface area contributed by atoms with Gasteiger partial charge >= 0.3 is 0 Å². The quantitative estimate of drug-likeness (QED) is 0.848. The largest absolute Gasteiger partial charge is 0.497 e. The molecule has 1 amide bonds. The molecule has 110 valence electrons. The first-order chi connectivity index (χ1) is 9.58. The number of carbonyl (C=O) groups is 1. The zero-order chi connectivity index (χ0) is 14.6. The highest BCUT2D eigenvalue weighted by molar-refractivity contribution is 9.09. The lowest BCUT2D eigenvalue weighted by Crippen LogP contribution is -2.52. The lowest BCUT2D eigenvalue weighted by atomic mass is 9.78. The predicted octanol–water partition coefficient (Wildman–Crippen LogP) is 3.77. The average molecular weight is 340 g/mol. The number of hydrogen-bond donors (Lipinski definition) is 1. The van der Waals surface area contributed by atoms with E-state index in [-0.39, 0.29) is 11.4 Å². The van der Waals surface area contributed by atoms with E-state index in [1.54, 1.807) is 13.2 Å². The third-order valence-corrected chi connectivity index (χ3v) is 5.27.